The number of carbonyl (C=O) groups excluding carboxylic acids is 1. The maximum absolute atomic E-state index is 13.4. The van der Waals surface area contributed by atoms with Crippen molar-refractivity contribution < 1.29 is 28.2 Å². The Morgan fingerprint density at radius 1 is 0.882 bits per heavy atom. The standard InChI is InChI=1S/C26H21ClO7/c1-14-10-19-17(13-18(14)27)22(28)25(23(33-19)15-8-6-5-7-9-15)34-26(29)16-11-20(30-2)24(32-4)21(12-16)31-3/h5-13H,1-4H3. The molecule has 0 saturated carbocycles. The molecule has 0 radical (unpaired) electrons. The van der Waals surface area contributed by atoms with Crippen molar-refractivity contribution in [2.24, 2.45) is 0 Å². The second-order valence-corrected chi connectivity index (χ2v) is 7.76. The highest BCUT2D eigenvalue weighted by Gasteiger charge is 2.24. The van der Waals surface area contributed by atoms with Gasteiger partial charge in [0.15, 0.2) is 17.3 Å². The lowest BCUT2D eigenvalue weighted by molar-refractivity contribution is 0.0730. The van der Waals surface area contributed by atoms with Crippen LogP contribution in [0.2, 0.25) is 5.02 Å². The third-order valence-electron chi connectivity index (χ3n) is 5.26. The topological polar surface area (TPSA) is 84.2 Å². The van der Waals surface area contributed by atoms with Crippen LogP contribution in [0, 0.1) is 6.92 Å². The third-order valence-corrected chi connectivity index (χ3v) is 5.67. The second-order valence-electron chi connectivity index (χ2n) is 7.36. The number of methoxy groups -OCH3 is 3. The highest BCUT2D eigenvalue weighted by molar-refractivity contribution is 6.32. The molecule has 0 aliphatic rings. The molecule has 0 aliphatic heterocycles. The molecule has 0 unspecified atom stereocenters. The van der Waals surface area contributed by atoms with E-state index in [4.69, 9.17) is 35.0 Å². The Bertz CT molecular complexity index is 1420. The van der Waals surface area contributed by atoms with E-state index in [-0.39, 0.29) is 34.0 Å². The Kier molecular flexibility index (Phi) is 6.47. The van der Waals surface area contributed by atoms with Gasteiger partial charge in [-0.3, -0.25) is 4.79 Å². The molecule has 0 fully saturated rings. The van der Waals surface area contributed by atoms with Gasteiger partial charge < -0.3 is 23.4 Å². The lowest BCUT2D eigenvalue weighted by atomic mass is 10.1. The van der Waals surface area contributed by atoms with E-state index in [1.165, 1.54) is 39.5 Å². The van der Waals surface area contributed by atoms with Crippen molar-refractivity contribution >= 4 is 28.5 Å². The quantitative estimate of drug-likeness (QED) is 0.329. The van der Waals surface area contributed by atoms with E-state index in [2.05, 4.69) is 0 Å². The molecule has 34 heavy (non-hydrogen) atoms. The van der Waals surface area contributed by atoms with Gasteiger partial charge in [0.25, 0.3) is 0 Å². The molecule has 8 heteroatoms. The monoisotopic (exact) mass is 480 g/mol. The molecule has 0 spiro atoms. The number of hydrogen-bond acceptors (Lipinski definition) is 7. The van der Waals surface area contributed by atoms with Gasteiger partial charge in [0.2, 0.25) is 16.9 Å². The van der Waals surface area contributed by atoms with E-state index >= 15 is 0 Å². The van der Waals surface area contributed by atoms with Crippen LogP contribution < -0.4 is 24.4 Å². The zero-order chi connectivity index (χ0) is 24.4. The van der Waals surface area contributed by atoms with Crippen molar-refractivity contribution in [1.82, 2.24) is 0 Å². The first-order chi connectivity index (χ1) is 16.4. The van der Waals surface area contributed by atoms with Gasteiger partial charge in [-0.25, -0.2) is 4.79 Å². The Morgan fingerprint density at radius 2 is 1.53 bits per heavy atom. The van der Waals surface area contributed by atoms with Crippen molar-refractivity contribution in [2.45, 2.75) is 6.92 Å². The number of ether oxygens (including phenoxy) is 4. The first-order valence-electron chi connectivity index (χ1n) is 10.2. The van der Waals surface area contributed by atoms with Crippen LogP contribution in [0.15, 0.2) is 63.8 Å². The van der Waals surface area contributed by atoms with E-state index in [0.717, 1.165) is 5.56 Å². The molecule has 0 amide bonds. The maximum Gasteiger partial charge on any atom is 0.344 e. The number of benzene rings is 3. The Labute approximate surface area is 200 Å². The minimum Gasteiger partial charge on any atom is -0.493 e. The van der Waals surface area contributed by atoms with E-state index in [0.29, 0.717) is 21.9 Å². The van der Waals surface area contributed by atoms with Gasteiger partial charge in [0.05, 0.1) is 32.3 Å². The van der Waals surface area contributed by atoms with E-state index in [1.54, 1.807) is 30.3 Å². The highest BCUT2D eigenvalue weighted by atomic mass is 35.5. The molecule has 0 atom stereocenters. The summed E-state index contributed by atoms with van der Waals surface area (Å²) in [6.07, 6.45) is 0. The molecular weight excluding hydrogens is 460 g/mol. The Morgan fingerprint density at radius 3 is 2.12 bits per heavy atom. The van der Waals surface area contributed by atoms with Gasteiger partial charge >= 0.3 is 5.97 Å². The Balaban J connectivity index is 1.89. The third kappa shape index (κ3) is 4.18. The molecule has 0 aliphatic carbocycles. The maximum atomic E-state index is 13.4. The fraction of sp³-hybridized carbons (Fsp3) is 0.154. The zero-order valence-corrected chi connectivity index (χ0v) is 19.7. The van der Waals surface area contributed by atoms with Gasteiger partial charge in [0, 0.05) is 10.6 Å². The second kappa shape index (κ2) is 9.49. The summed E-state index contributed by atoms with van der Waals surface area (Å²) in [4.78, 5) is 26.6. The number of aryl methyl sites for hydroxylation is 1. The molecule has 1 aromatic heterocycles. The van der Waals surface area contributed by atoms with Crippen LogP contribution in [0.4, 0.5) is 0 Å². The van der Waals surface area contributed by atoms with Gasteiger partial charge in [-0.05, 0) is 36.8 Å². The normalized spacial score (nSPS) is 10.7. The summed E-state index contributed by atoms with van der Waals surface area (Å²) in [6, 6.07) is 15.0. The molecule has 0 saturated heterocycles. The summed E-state index contributed by atoms with van der Waals surface area (Å²) in [5.41, 5.74) is 1.22. The summed E-state index contributed by atoms with van der Waals surface area (Å²) < 4.78 is 27.6. The molecular formula is C26H21ClO7. The predicted octanol–water partition coefficient (Wildman–Crippen LogP) is 5.67. The fourth-order valence-corrected chi connectivity index (χ4v) is 3.69. The number of rotatable bonds is 6. The number of halogens is 1. The average molecular weight is 481 g/mol. The van der Waals surface area contributed by atoms with E-state index in [1.807, 2.05) is 13.0 Å². The highest BCUT2D eigenvalue weighted by Crippen LogP contribution is 2.39. The SMILES string of the molecule is COc1cc(C(=O)Oc2c(-c3ccccc3)oc3cc(C)c(Cl)cc3c2=O)cc(OC)c1OC. The lowest BCUT2D eigenvalue weighted by Gasteiger charge is -2.14. The van der Waals surface area contributed by atoms with Crippen LogP contribution in [-0.4, -0.2) is 27.3 Å². The Hall–Kier alpha value is -3.97. The summed E-state index contributed by atoms with van der Waals surface area (Å²) in [5, 5.41) is 0.595. The van der Waals surface area contributed by atoms with Crippen molar-refractivity contribution in [3.63, 3.8) is 0 Å². The number of hydrogen-bond donors (Lipinski definition) is 0. The lowest BCUT2D eigenvalue weighted by Crippen LogP contribution is -2.17. The van der Waals surface area contributed by atoms with Crippen LogP contribution >= 0.6 is 11.6 Å². The average Bonchev–Trinajstić information content (AvgIpc) is 2.86. The van der Waals surface area contributed by atoms with Gasteiger partial charge in [-0.1, -0.05) is 41.9 Å². The first-order valence-corrected chi connectivity index (χ1v) is 10.6. The van der Waals surface area contributed by atoms with E-state index in [9.17, 15) is 9.59 Å². The molecule has 3 aromatic carbocycles. The van der Waals surface area contributed by atoms with Crippen LogP contribution in [0.25, 0.3) is 22.3 Å². The molecule has 4 rings (SSSR count). The molecule has 1 heterocycles. The smallest absolute Gasteiger partial charge is 0.344 e. The van der Waals surface area contributed by atoms with Gasteiger partial charge in [0.1, 0.15) is 5.58 Å². The van der Waals surface area contributed by atoms with Crippen molar-refractivity contribution in [3.8, 4) is 34.3 Å². The summed E-state index contributed by atoms with van der Waals surface area (Å²) in [6.45, 7) is 1.81. The molecule has 0 N–H and O–H groups in total. The number of esters is 1. The van der Waals surface area contributed by atoms with Crippen molar-refractivity contribution in [3.05, 3.63) is 81.0 Å². The van der Waals surface area contributed by atoms with Crippen LogP contribution in [0.5, 0.6) is 23.0 Å². The number of carbonyl (C=O) groups is 1. The van der Waals surface area contributed by atoms with Crippen LogP contribution in [0.1, 0.15) is 15.9 Å². The molecule has 4 aromatic rings. The van der Waals surface area contributed by atoms with Crippen molar-refractivity contribution in [2.75, 3.05) is 21.3 Å². The van der Waals surface area contributed by atoms with E-state index < -0.39 is 11.4 Å². The largest absolute Gasteiger partial charge is 0.493 e. The van der Waals surface area contributed by atoms with Crippen LogP contribution in [-0.2, 0) is 0 Å². The summed E-state index contributed by atoms with van der Waals surface area (Å²) in [7, 11) is 4.32. The van der Waals surface area contributed by atoms with Crippen molar-refractivity contribution in [1.29, 1.82) is 0 Å². The predicted molar refractivity (Wildman–Crippen MR) is 129 cm³/mol. The van der Waals surface area contributed by atoms with Gasteiger partial charge in [-0.2, -0.15) is 0 Å². The van der Waals surface area contributed by atoms with Gasteiger partial charge in [-0.15, -0.1) is 0 Å². The molecule has 7 nitrogen and oxygen atoms in total. The first kappa shape index (κ1) is 23.2. The fourth-order valence-electron chi connectivity index (χ4n) is 3.52. The summed E-state index contributed by atoms with van der Waals surface area (Å²) >= 11 is 6.24. The summed E-state index contributed by atoms with van der Waals surface area (Å²) in [5.74, 6) is -0.0733. The van der Waals surface area contributed by atoms with Crippen LogP contribution in [0.3, 0.4) is 0 Å². The number of fused-ring (bicyclic) bond motifs is 1. The molecule has 174 valence electrons. The minimum atomic E-state index is -0.804. The zero-order valence-electron chi connectivity index (χ0n) is 18.9. The molecule has 0 bridgehead atoms. The minimum absolute atomic E-state index is 0.0925.